The highest BCUT2D eigenvalue weighted by molar-refractivity contribution is 7.91. The number of hydrogen-bond donors (Lipinski definition) is 6. The molecule has 3 aromatic carbocycles. The van der Waals surface area contributed by atoms with Crippen molar-refractivity contribution in [2.75, 3.05) is 13.1 Å². The lowest BCUT2D eigenvalue weighted by atomic mass is 9.96. The number of sulfonamides is 2. The summed E-state index contributed by atoms with van der Waals surface area (Å²) in [5.41, 5.74) is 0.614. The Morgan fingerprint density at radius 3 is 2.01 bits per heavy atom. The van der Waals surface area contributed by atoms with Gasteiger partial charge in [-0.05, 0) is 54.2 Å². The Morgan fingerprint density at radius 1 is 0.789 bits per heavy atom. The van der Waals surface area contributed by atoms with Gasteiger partial charge in [-0.1, -0.05) is 94.2 Å². The van der Waals surface area contributed by atoms with E-state index in [1.54, 1.807) is 59.7 Å². The van der Waals surface area contributed by atoms with Crippen molar-refractivity contribution in [3.8, 4) is 0 Å². The first kappa shape index (κ1) is 59.6. The number of carbonyl (C=O) groups is 8. The molecule has 5 rings (SSSR count). The molecule has 2 heterocycles. The smallest absolute Gasteiger partial charge is 0.290 e. The van der Waals surface area contributed by atoms with Crippen molar-refractivity contribution in [1.82, 2.24) is 45.6 Å². The Balaban J connectivity index is 1.31. The molecule has 0 bridgehead atoms. The van der Waals surface area contributed by atoms with Crippen LogP contribution in [-0.2, 0) is 60.2 Å². The minimum Gasteiger partial charge on any atom is -0.372 e. The summed E-state index contributed by atoms with van der Waals surface area (Å²) < 4.78 is 90.1. The molecule has 0 radical (unpaired) electrons. The van der Waals surface area contributed by atoms with Crippen molar-refractivity contribution in [3.63, 3.8) is 0 Å². The van der Waals surface area contributed by atoms with Crippen molar-refractivity contribution in [3.05, 3.63) is 119 Å². The summed E-state index contributed by atoms with van der Waals surface area (Å²) in [5, 5.41) is 8.86. The minimum atomic E-state index is -4.99. The predicted octanol–water partition coefficient (Wildman–Crippen LogP) is 2.44. The molecule has 0 unspecified atom stereocenters. The van der Waals surface area contributed by atoms with Crippen molar-refractivity contribution in [1.29, 1.82) is 0 Å². The number of halogens is 3. The Labute approximate surface area is 442 Å². The molecule has 408 valence electrons. The predicted molar refractivity (Wildman–Crippen MR) is 268 cm³/mol. The SMILES string of the molecule is CC[C@@H](C)[C@H](NC(=O)[C@H](CC(C)C)NC(=O)c1cnccn1)C(=O)N1C[C@H](OCc2ccccc2)C[C@H]1C(=O)N[C@@H](CC(F)F)C(=O)C(=O)NCC(=O)NS(=O)(=O)c1cc(Cl)cc(S(=O)(=O)NC(=O)c2ccccc2)c1. The number of amides is 7. The van der Waals surface area contributed by atoms with Crippen molar-refractivity contribution >= 4 is 78.8 Å². The molecule has 22 nitrogen and oxygen atoms in total. The summed E-state index contributed by atoms with van der Waals surface area (Å²) in [6, 6.07) is 11.8. The number of carbonyl (C=O) groups excluding carboxylic acids is 8. The molecule has 6 atom stereocenters. The van der Waals surface area contributed by atoms with E-state index in [4.69, 9.17) is 16.3 Å². The van der Waals surface area contributed by atoms with Crippen LogP contribution in [0.4, 0.5) is 8.78 Å². The molecule has 6 N–H and O–H groups in total. The number of benzene rings is 3. The van der Waals surface area contributed by atoms with E-state index in [9.17, 15) is 64.0 Å². The fourth-order valence-corrected chi connectivity index (χ4v) is 10.2. The van der Waals surface area contributed by atoms with Crippen molar-refractivity contribution in [2.45, 2.75) is 106 Å². The summed E-state index contributed by atoms with van der Waals surface area (Å²) in [6.07, 6.45) is -1.52. The lowest BCUT2D eigenvalue weighted by Gasteiger charge is -2.33. The summed E-state index contributed by atoms with van der Waals surface area (Å²) >= 11 is 6.02. The maximum atomic E-state index is 14.7. The van der Waals surface area contributed by atoms with Gasteiger partial charge in [0.25, 0.3) is 43.7 Å². The topological polar surface area (TPSA) is 315 Å². The average Bonchev–Trinajstić information content (AvgIpc) is 3.83. The Bertz CT molecular complexity index is 2980. The average molecular weight is 1120 g/mol. The van der Waals surface area contributed by atoms with Crippen molar-refractivity contribution in [2.24, 2.45) is 11.8 Å². The second-order valence-corrected chi connectivity index (χ2v) is 21.8. The first-order valence-electron chi connectivity index (χ1n) is 23.6. The number of ketones is 1. The van der Waals surface area contributed by atoms with E-state index in [1.807, 2.05) is 19.2 Å². The lowest BCUT2D eigenvalue weighted by molar-refractivity contribution is -0.144. The third-order valence-corrected chi connectivity index (χ3v) is 14.6. The highest BCUT2D eigenvalue weighted by Crippen LogP contribution is 2.26. The fraction of sp³-hybridized carbons (Fsp3) is 0.388. The zero-order valence-corrected chi connectivity index (χ0v) is 43.8. The molecule has 7 amide bonds. The Morgan fingerprint density at radius 2 is 1.42 bits per heavy atom. The number of nitrogens with zero attached hydrogens (tertiary/aromatic N) is 3. The number of likely N-dealkylation sites (tertiary alicyclic amines) is 1. The molecular weight excluding hydrogens is 1060 g/mol. The lowest BCUT2D eigenvalue weighted by Crippen LogP contribution is -2.59. The molecule has 76 heavy (non-hydrogen) atoms. The van der Waals surface area contributed by atoms with Gasteiger partial charge in [0.15, 0.2) is 0 Å². The number of hydrogen-bond acceptors (Lipinski definition) is 15. The monoisotopic (exact) mass is 1120 g/mol. The standard InChI is InChI=1S/C49H56ClF2N9O13S2/c1-5-29(4)42(58-45(65)37(18-28(2)3)57-46(66)38-24-53-16-17-54-38)49(69)61-26-33(74-27-30-12-8-6-9-13-30)21-39(61)47(67)56-36(23-40(51)52)43(63)48(68)55-25-41(62)59-75(70,71)34-19-32(50)20-35(22-34)76(72,73)60-44(64)31-14-10-7-11-15-31/h6-17,19-20,22,24,28-29,33,36-37,39-40,42H,5,18,21,23,25-27H2,1-4H3,(H,55,68)(H,56,67)(H,57,66)(H,58,65)(H,59,62)(H,60,64)/t29-,33-,36+,37+,39+,42+/m1/s1. The first-order chi connectivity index (χ1) is 35.9. The third-order valence-electron chi connectivity index (χ3n) is 11.7. The van der Waals surface area contributed by atoms with E-state index in [-0.39, 0.29) is 43.2 Å². The number of aromatic nitrogens is 2. The van der Waals surface area contributed by atoms with E-state index in [1.165, 1.54) is 42.9 Å². The van der Waals surface area contributed by atoms with Crippen LogP contribution in [0.2, 0.25) is 5.02 Å². The molecular formula is C49H56ClF2N9O13S2. The maximum Gasteiger partial charge on any atom is 0.290 e. The maximum absolute atomic E-state index is 14.7. The number of ether oxygens (including phenoxy) is 1. The van der Waals surface area contributed by atoms with Crippen LogP contribution in [0.1, 0.15) is 79.8 Å². The Hall–Kier alpha value is -7.29. The fourth-order valence-electron chi connectivity index (χ4n) is 7.67. The normalized spacial score (nSPS) is 16.1. The second-order valence-electron chi connectivity index (χ2n) is 18.0. The largest absolute Gasteiger partial charge is 0.372 e. The summed E-state index contributed by atoms with van der Waals surface area (Å²) in [6.45, 7) is 5.53. The van der Waals surface area contributed by atoms with E-state index in [2.05, 4.69) is 25.9 Å². The molecule has 0 aliphatic carbocycles. The van der Waals surface area contributed by atoms with Crippen LogP contribution >= 0.6 is 11.6 Å². The van der Waals surface area contributed by atoms with Gasteiger partial charge in [0.05, 0.1) is 35.2 Å². The molecule has 0 spiro atoms. The first-order valence-corrected chi connectivity index (χ1v) is 27.0. The minimum absolute atomic E-state index is 0.0220. The highest BCUT2D eigenvalue weighted by atomic mass is 35.5. The van der Waals surface area contributed by atoms with E-state index in [0.717, 1.165) is 22.6 Å². The quantitative estimate of drug-likeness (QED) is 0.0520. The van der Waals surface area contributed by atoms with Crippen LogP contribution in [0.25, 0.3) is 0 Å². The van der Waals surface area contributed by atoms with Crippen LogP contribution in [0, 0.1) is 11.8 Å². The van der Waals surface area contributed by atoms with E-state index in [0.29, 0.717) is 12.5 Å². The molecule has 1 aliphatic rings. The summed E-state index contributed by atoms with van der Waals surface area (Å²) in [4.78, 5) is 115. The molecule has 0 saturated carbocycles. The van der Waals surface area contributed by atoms with Gasteiger partial charge in [-0.2, -0.15) is 0 Å². The number of alkyl halides is 2. The van der Waals surface area contributed by atoms with Gasteiger partial charge in [-0.15, -0.1) is 0 Å². The molecule has 1 saturated heterocycles. The molecule has 1 aromatic heterocycles. The van der Waals surface area contributed by atoms with Crippen LogP contribution in [-0.4, -0.2) is 129 Å². The number of nitrogens with one attached hydrogen (secondary N) is 6. The zero-order valence-electron chi connectivity index (χ0n) is 41.4. The van der Waals surface area contributed by atoms with Crippen molar-refractivity contribution < 1.29 is 68.7 Å². The van der Waals surface area contributed by atoms with Gasteiger partial charge in [0.1, 0.15) is 29.9 Å². The Kier molecular flexibility index (Phi) is 21.1. The van der Waals surface area contributed by atoms with Gasteiger partial charge in [0, 0.05) is 42.4 Å². The van der Waals surface area contributed by atoms with Gasteiger partial charge >= 0.3 is 0 Å². The summed E-state index contributed by atoms with van der Waals surface area (Å²) in [5.74, 6) is -10.1. The van der Waals surface area contributed by atoms with Gasteiger partial charge in [-0.25, -0.2) is 40.0 Å². The van der Waals surface area contributed by atoms with E-state index >= 15 is 0 Å². The highest BCUT2D eigenvalue weighted by Gasteiger charge is 2.45. The second kappa shape index (κ2) is 27.0. The van der Waals surface area contributed by atoms with E-state index < -0.39 is 138 Å². The van der Waals surface area contributed by atoms with Gasteiger partial charge < -0.3 is 30.9 Å². The van der Waals surface area contributed by atoms with Gasteiger partial charge in [0.2, 0.25) is 29.9 Å². The molecule has 4 aromatic rings. The van der Waals surface area contributed by atoms with Crippen LogP contribution in [0.15, 0.2) is 107 Å². The third kappa shape index (κ3) is 16.9. The van der Waals surface area contributed by atoms with Crippen LogP contribution < -0.4 is 30.7 Å². The summed E-state index contributed by atoms with van der Waals surface area (Å²) in [7, 11) is -9.75. The van der Waals surface area contributed by atoms with Gasteiger partial charge in [-0.3, -0.25) is 43.3 Å². The number of Topliss-reactive ketones (excluding diaryl/α,β-unsaturated/α-hetero) is 1. The molecule has 1 fully saturated rings. The molecule has 27 heteroatoms. The number of rotatable bonds is 25. The van der Waals surface area contributed by atoms with Crippen LogP contribution in [0.5, 0.6) is 0 Å². The van der Waals surface area contributed by atoms with Crippen LogP contribution in [0.3, 0.4) is 0 Å². The molecule has 1 aliphatic heterocycles. The zero-order chi connectivity index (χ0) is 55.9.